The predicted octanol–water partition coefficient (Wildman–Crippen LogP) is 3.40. The molecule has 2 rings (SSSR count). The number of carbonyl (C=O) groups excluding carboxylic acids is 1. The van der Waals surface area contributed by atoms with Gasteiger partial charge in [0, 0.05) is 12.1 Å². The van der Waals surface area contributed by atoms with E-state index in [2.05, 4.69) is 20.1 Å². The molecule has 0 radical (unpaired) electrons. The van der Waals surface area contributed by atoms with E-state index in [9.17, 15) is 4.79 Å². The molecule has 2 aromatic heterocycles. The van der Waals surface area contributed by atoms with Crippen LogP contribution in [-0.2, 0) is 14.4 Å². The molecular weight excluding hydrogens is 404 g/mol. The first-order valence-corrected chi connectivity index (χ1v) is 9.65. The van der Waals surface area contributed by atoms with Gasteiger partial charge < -0.3 is 23.8 Å². The molecule has 168 valence electrons. The Morgan fingerprint density at radius 3 is 2.32 bits per heavy atom. The smallest absolute Gasteiger partial charge is 0.350 e. The maximum Gasteiger partial charge on any atom is 0.350 e. The molecular formula is C21H28N4O6. The van der Waals surface area contributed by atoms with Crippen molar-refractivity contribution >= 4 is 12.2 Å². The molecule has 10 heteroatoms. The molecule has 0 amide bonds. The van der Waals surface area contributed by atoms with Gasteiger partial charge in [-0.05, 0) is 32.9 Å². The summed E-state index contributed by atoms with van der Waals surface area (Å²) >= 11 is 0. The zero-order chi connectivity index (χ0) is 23.0. The zero-order valence-corrected chi connectivity index (χ0v) is 18.8. The van der Waals surface area contributed by atoms with Gasteiger partial charge in [-0.1, -0.05) is 19.0 Å². The second-order valence-corrected chi connectivity index (χ2v) is 7.76. The van der Waals surface area contributed by atoms with E-state index < -0.39 is 17.7 Å². The lowest BCUT2D eigenvalue weighted by Crippen LogP contribution is -2.35. The minimum Gasteiger partial charge on any atom is -0.481 e. The quantitative estimate of drug-likeness (QED) is 0.334. The first-order chi connectivity index (χ1) is 14.6. The Morgan fingerprint density at radius 1 is 1.13 bits per heavy atom. The molecule has 1 unspecified atom stereocenters. The minimum absolute atomic E-state index is 0.00794. The third kappa shape index (κ3) is 7.40. The second kappa shape index (κ2) is 10.6. The van der Waals surface area contributed by atoms with E-state index in [1.807, 2.05) is 13.8 Å². The Balaban J connectivity index is 2.18. The highest BCUT2D eigenvalue weighted by Gasteiger charge is 2.29. The summed E-state index contributed by atoms with van der Waals surface area (Å²) < 4.78 is 21.4. The number of oxime groups is 1. The predicted molar refractivity (Wildman–Crippen MR) is 113 cm³/mol. The van der Waals surface area contributed by atoms with Gasteiger partial charge in [-0.3, -0.25) is 4.98 Å². The maximum absolute atomic E-state index is 12.4. The van der Waals surface area contributed by atoms with Crippen molar-refractivity contribution in [3.63, 3.8) is 0 Å². The van der Waals surface area contributed by atoms with E-state index >= 15 is 0 Å². The molecule has 1 atom stereocenters. The monoisotopic (exact) mass is 432 g/mol. The first kappa shape index (κ1) is 23.8. The standard InChI is InChI=1S/C21H28N4O6/c1-13(2)18(19(26)30-21(3,4)5)31-23-12-14-15(9-8-10-22-14)29-20-24-16(27-6)11-17(25-20)28-7/h8-13,18H,1-7H3. The number of pyridine rings is 1. The maximum atomic E-state index is 12.4. The molecule has 0 aliphatic carbocycles. The van der Waals surface area contributed by atoms with Crippen molar-refractivity contribution in [2.45, 2.75) is 46.3 Å². The largest absolute Gasteiger partial charge is 0.481 e. The average molecular weight is 432 g/mol. The number of aromatic nitrogens is 3. The Morgan fingerprint density at radius 2 is 1.77 bits per heavy atom. The number of nitrogens with zero attached hydrogens (tertiary/aromatic N) is 4. The number of rotatable bonds is 9. The fraction of sp³-hybridized carbons (Fsp3) is 0.476. The lowest BCUT2D eigenvalue weighted by molar-refractivity contribution is -0.171. The van der Waals surface area contributed by atoms with E-state index in [0.717, 1.165) is 0 Å². The van der Waals surface area contributed by atoms with Crippen LogP contribution in [0.3, 0.4) is 0 Å². The summed E-state index contributed by atoms with van der Waals surface area (Å²) in [5.74, 6) is 0.240. The Kier molecular flexibility index (Phi) is 8.12. The normalized spacial score (nSPS) is 12.5. The van der Waals surface area contributed by atoms with E-state index in [1.165, 1.54) is 26.5 Å². The molecule has 0 aliphatic rings. The summed E-state index contributed by atoms with van der Waals surface area (Å²) in [6.07, 6.45) is 2.04. The van der Waals surface area contributed by atoms with Crippen LogP contribution in [0.25, 0.3) is 0 Å². The third-order valence-corrected chi connectivity index (χ3v) is 3.67. The number of ether oxygens (including phenoxy) is 4. The molecule has 0 saturated carbocycles. The Hall–Kier alpha value is -3.43. The molecule has 0 saturated heterocycles. The molecule has 0 fully saturated rings. The van der Waals surface area contributed by atoms with Gasteiger partial charge in [0.05, 0.1) is 26.5 Å². The molecule has 0 bridgehead atoms. The molecule has 31 heavy (non-hydrogen) atoms. The van der Waals surface area contributed by atoms with Crippen LogP contribution in [0.5, 0.6) is 23.5 Å². The van der Waals surface area contributed by atoms with Crippen molar-refractivity contribution in [2.75, 3.05) is 14.2 Å². The highest BCUT2D eigenvalue weighted by atomic mass is 16.7. The summed E-state index contributed by atoms with van der Waals surface area (Å²) in [5, 5.41) is 3.93. The minimum atomic E-state index is -0.866. The van der Waals surface area contributed by atoms with Crippen LogP contribution >= 0.6 is 0 Å². The van der Waals surface area contributed by atoms with Crippen molar-refractivity contribution in [1.82, 2.24) is 15.0 Å². The summed E-state index contributed by atoms with van der Waals surface area (Å²) in [6, 6.07) is 4.88. The van der Waals surface area contributed by atoms with Crippen LogP contribution < -0.4 is 14.2 Å². The number of methoxy groups -OCH3 is 2. The van der Waals surface area contributed by atoms with Gasteiger partial charge in [0.15, 0.2) is 5.75 Å². The van der Waals surface area contributed by atoms with E-state index in [4.69, 9.17) is 23.8 Å². The van der Waals surface area contributed by atoms with Crippen molar-refractivity contribution in [2.24, 2.45) is 11.1 Å². The summed E-state index contributed by atoms with van der Waals surface area (Å²) in [7, 11) is 2.95. The summed E-state index contributed by atoms with van der Waals surface area (Å²) in [5.41, 5.74) is -0.281. The Bertz CT molecular complexity index is 889. The number of esters is 1. The average Bonchev–Trinajstić information content (AvgIpc) is 2.70. The number of hydrogen-bond acceptors (Lipinski definition) is 10. The lowest BCUT2D eigenvalue weighted by atomic mass is 10.1. The van der Waals surface area contributed by atoms with Crippen molar-refractivity contribution in [1.29, 1.82) is 0 Å². The van der Waals surface area contributed by atoms with Crippen molar-refractivity contribution in [3.05, 3.63) is 30.1 Å². The van der Waals surface area contributed by atoms with Gasteiger partial charge in [-0.15, -0.1) is 0 Å². The van der Waals surface area contributed by atoms with Crippen molar-refractivity contribution in [3.8, 4) is 23.5 Å². The van der Waals surface area contributed by atoms with Crippen LogP contribution in [-0.4, -0.2) is 53.1 Å². The van der Waals surface area contributed by atoms with Gasteiger partial charge >= 0.3 is 12.0 Å². The molecule has 0 aromatic carbocycles. The van der Waals surface area contributed by atoms with Gasteiger partial charge in [0.1, 0.15) is 11.3 Å². The van der Waals surface area contributed by atoms with Crippen LogP contribution in [0.4, 0.5) is 0 Å². The van der Waals surface area contributed by atoms with E-state index in [-0.39, 0.29) is 23.7 Å². The van der Waals surface area contributed by atoms with Crippen LogP contribution in [0.1, 0.15) is 40.3 Å². The molecule has 10 nitrogen and oxygen atoms in total. The van der Waals surface area contributed by atoms with Crippen LogP contribution in [0.15, 0.2) is 29.6 Å². The zero-order valence-electron chi connectivity index (χ0n) is 18.8. The highest BCUT2D eigenvalue weighted by Crippen LogP contribution is 2.25. The van der Waals surface area contributed by atoms with Gasteiger partial charge in [-0.2, -0.15) is 9.97 Å². The van der Waals surface area contributed by atoms with Gasteiger partial charge in [0.25, 0.3) is 0 Å². The van der Waals surface area contributed by atoms with Gasteiger partial charge in [-0.25, -0.2) is 4.79 Å². The van der Waals surface area contributed by atoms with Crippen molar-refractivity contribution < 1.29 is 28.6 Å². The summed E-state index contributed by atoms with van der Waals surface area (Å²) in [4.78, 5) is 30.3. The fourth-order valence-electron chi connectivity index (χ4n) is 2.27. The molecule has 0 spiro atoms. The van der Waals surface area contributed by atoms with E-state index in [0.29, 0.717) is 11.4 Å². The topological polar surface area (TPSA) is 114 Å². The van der Waals surface area contributed by atoms with Gasteiger partial charge in [0.2, 0.25) is 17.9 Å². The van der Waals surface area contributed by atoms with E-state index in [1.54, 1.807) is 39.1 Å². The van der Waals surface area contributed by atoms with Crippen LogP contribution in [0.2, 0.25) is 0 Å². The molecule has 2 heterocycles. The molecule has 2 aromatic rings. The lowest BCUT2D eigenvalue weighted by Gasteiger charge is -2.24. The Labute approximate surface area is 181 Å². The first-order valence-electron chi connectivity index (χ1n) is 9.65. The second-order valence-electron chi connectivity index (χ2n) is 7.76. The highest BCUT2D eigenvalue weighted by molar-refractivity contribution is 5.80. The fourth-order valence-corrected chi connectivity index (χ4v) is 2.27. The SMILES string of the molecule is COc1cc(OC)nc(Oc2cccnc2C=NOC(C(=O)OC(C)(C)C)C(C)C)n1. The number of hydrogen-bond donors (Lipinski definition) is 0. The summed E-state index contributed by atoms with van der Waals surface area (Å²) in [6.45, 7) is 9.05. The van der Waals surface area contributed by atoms with Crippen LogP contribution in [0, 0.1) is 5.92 Å². The molecule has 0 N–H and O–H groups in total. The third-order valence-electron chi connectivity index (χ3n) is 3.67. The number of carbonyl (C=O) groups is 1. The molecule has 0 aliphatic heterocycles.